The number of amides is 2. The van der Waals surface area contributed by atoms with Crippen LogP contribution < -0.4 is 0 Å². The van der Waals surface area contributed by atoms with Gasteiger partial charge in [0.2, 0.25) is 5.91 Å². The van der Waals surface area contributed by atoms with E-state index in [-0.39, 0.29) is 23.8 Å². The van der Waals surface area contributed by atoms with Crippen molar-refractivity contribution in [1.29, 1.82) is 0 Å². The number of hydrogen-bond acceptors (Lipinski definition) is 4. The molecule has 2 aliphatic rings. The third-order valence-corrected chi connectivity index (χ3v) is 4.34. The maximum Gasteiger partial charge on any atom is 0.251 e. The summed E-state index contributed by atoms with van der Waals surface area (Å²) in [6.07, 6.45) is 2.02. The lowest BCUT2D eigenvalue weighted by molar-refractivity contribution is -0.148. The summed E-state index contributed by atoms with van der Waals surface area (Å²) < 4.78 is 10.5. The summed E-state index contributed by atoms with van der Waals surface area (Å²) in [6.45, 7) is 5.75. The van der Waals surface area contributed by atoms with Crippen molar-refractivity contribution in [3.05, 3.63) is 0 Å². The monoisotopic (exact) mass is 298 g/mol. The number of hydrogen-bond donors (Lipinski definition) is 0. The number of carbonyl (C=O) groups is 2. The average Bonchev–Trinajstić information content (AvgIpc) is 2.56. The van der Waals surface area contributed by atoms with Crippen molar-refractivity contribution in [2.24, 2.45) is 5.92 Å². The Morgan fingerprint density at radius 1 is 1.24 bits per heavy atom. The number of carbonyl (C=O) groups excluding carboxylic acids is 2. The van der Waals surface area contributed by atoms with Crippen molar-refractivity contribution in [3.63, 3.8) is 0 Å². The van der Waals surface area contributed by atoms with Crippen LogP contribution in [0.3, 0.4) is 0 Å². The second kappa shape index (κ2) is 7.75. The molecule has 21 heavy (non-hydrogen) atoms. The summed E-state index contributed by atoms with van der Waals surface area (Å²) in [5.74, 6) is 0.107. The molecule has 2 atom stereocenters. The number of nitrogens with zero attached hydrogens (tertiary/aromatic N) is 2. The minimum absolute atomic E-state index is 0.0134. The lowest BCUT2D eigenvalue weighted by Crippen LogP contribution is -2.51. The lowest BCUT2D eigenvalue weighted by atomic mass is 9.95. The molecular weight excluding hydrogens is 272 g/mol. The van der Waals surface area contributed by atoms with Gasteiger partial charge in [-0.1, -0.05) is 6.92 Å². The van der Waals surface area contributed by atoms with Gasteiger partial charge in [-0.05, 0) is 19.3 Å². The van der Waals surface area contributed by atoms with E-state index in [0.717, 1.165) is 19.4 Å². The van der Waals surface area contributed by atoms with E-state index in [1.54, 1.807) is 12.0 Å². The first-order valence-electron chi connectivity index (χ1n) is 7.85. The fraction of sp³-hybridized carbons (Fsp3) is 0.867. The van der Waals surface area contributed by atoms with Crippen molar-refractivity contribution in [2.75, 3.05) is 46.5 Å². The van der Waals surface area contributed by atoms with Crippen LogP contribution in [0, 0.1) is 5.92 Å². The normalized spacial score (nSPS) is 24.8. The van der Waals surface area contributed by atoms with Gasteiger partial charge < -0.3 is 19.3 Å². The largest absolute Gasteiger partial charge is 0.378 e. The Kier molecular flexibility index (Phi) is 5.99. The van der Waals surface area contributed by atoms with Crippen LogP contribution in [0.4, 0.5) is 0 Å². The van der Waals surface area contributed by atoms with Gasteiger partial charge in [0.1, 0.15) is 6.10 Å². The molecule has 6 nitrogen and oxygen atoms in total. The molecule has 2 amide bonds. The zero-order chi connectivity index (χ0) is 15.2. The zero-order valence-electron chi connectivity index (χ0n) is 13.0. The molecule has 0 bridgehead atoms. The Bertz CT molecular complexity index is 365. The van der Waals surface area contributed by atoms with Crippen LogP contribution >= 0.6 is 0 Å². The second-order valence-corrected chi connectivity index (χ2v) is 5.69. The van der Waals surface area contributed by atoms with Gasteiger partial charge >= 0.3 is 0 Å². The van der Waals surface area contributed by atoms with Gasteiger partial charge in [0.15, 0.2) is 0 Å². The minimum Gasteiger partial charge on any atom is -0.378 e. The van der Waals surface area contributed by atoms with Gasteiger partial charge in [-0.15, -0.1) is 0 Å². The Hall–Kier alpha value is -1.14. The maximum absolute atomic E-state index is 12.5. The van der Waals surface area contributed by atoms with Crippen molar-refractivity contribution in [3.8, 4) is 0 Å². The predicted octanol–water partition coefficient (Wildman–Crippen LogP) is 0.509. The van der Waals surface area contributed by atoms with Gasteiger partial charge in [-0.2, -0.15) is 0 Å². The Morgan fingerprint density at radius 2 is 1.95 bits per heavy atom. The topological polar surface area (TPSA) is 59.1 Å². The summed E-state index contributed by atoms with van der Waals surface area (Å²) in [4.78, 5) is 28.6. The summed E-state index contributed by atoms with van der Waals surface area (Å²) in [7, 11) is 1.56. The van der Waals surface area contributed by atoms with Crippen molar-refractivity contribution in [2.45, 2.75) is 32.3 Å². The molecule has 0 aliphatic carbocycles. The molecule has 2 aliphatic heterocycles. The van der Waals surface area contributed by atoms with Gasteiger partial charge in [0.25, 0.3) is 5.91 Å². The van der Waals surface area contributed by atoms with Crippen LogP contribution in [0.1, 0.15) is 26.2 Å². The molecular formula is C15H26N2O4. The van der Waals surface area contributed by atoms with E-state index in [2.05, 4.69) is 0 Å². The molecule has 0 aromatic carbocycles. The fourth-order valence-corrected chi connectivity index (χ4v) is 3.07. The molecule has 0 N–H and O–H groups in total. The van der Waals surface area contributed by atoms with E-state index in [0.29, 0.717) is 39.3 Å². The van der Waals surface area contributed by atoms with E-state index >= 15 is 0 Å². The van der Waals surface area contributed by atoms with E-state index in [1.807, 2.05) is 11.8 Å². The minimum atomic E-state index is -0.387. The quantitative estimate of drug-likeness (QED) is 0.759. The van der Waals surface area contributed by atoms with Crippen LogP contribution in [-0.4, -0.2) is 74.2 Å². The maximum atomic E-state index is 12.5. The first-order valence-corrected chi connectivity index (χ1v) is 7.85. The van der Waals surface area contributed by atoms with Gasteiger partial charge in [0.05, 0.1) is 19.1 Å². The van der Waals surface area contributed by atoms with E-state index in [4.69, 9.17) is 9.47 Å². The standard InChI is InChI=1S/C15H26N2O4/c1-3-13(20-2)15(19)17-6-4-5-12(11-17)14(18)16-7-9-21-10-8-16/h12-13H,3-11H2,1-2H3. The third-order valence-electron chi connectivity index (χ3n) is 4.34. The van der Waals surface area contributed by atoms with E-state index in [9.17, 15) is 9.59 Å². The number of piperidine rings is 1. The van der Waals surface area contributed by atoms with Crippen molar-refractivity contribution >= 4 is 11.8 Å². The van der Waals surface area contributed by atoms with Crippen molar-refractivity contribution in [1.82, 2.24) is 9.80 Å². The number of rotatable bonds is 4. The van der Waals surface area contributed by atoms with Crippen LogP contribution in [0.5, 0.6) is 0 Å². The Labute approximate surface area is 126 Å². The third kappa shape index (κ3) is 3.95. The summed E-state index contributed by atoms with van der Waals surface area (Å²) >= 11 is 0. The van der Waals surface area contributed by atoms with Crippen LogP contribution in [0.2, 0.25) is 0 Å². The molecule has 0 spiro atoms. The number of methoxy groups -OCH3 is 1. The molecule has 0 radical (unpaired) electrons. The molecule has 2 rings (SSSR count). The first-order chi connectivity index (χ1) is 10.2. The molecule has 6 heteroatoms. The molecule has 0 aromatic rings. The SMILES string of the molecule is CCC(OC)C(=O)N1CCCC(C(=O)N2CCOCC2)C1. The van der Waals surface area contributed by atoms with Crippen LogP contribution in [0.25, 0.3) is 0 Å². The molecule has 0 aromatic heterocycles. The Balaban J connectivity index is 1.93. The summed E-state index contributed by atoms with van der Waals surface area (Å²) in [5.41, 5.74) is 0. The smallest absolute Gasteiger partial charge is 0.251 e. The number of likely N-dealkylation sites (tertiary alicyclic amines) is 1. The van der Waals surface area contributed by atoms with E-state index < -0.39 is 0 Å². The summed E-state index contributed by atoms with van der Waals surface area (Å²) in [5, 5.41) is 0. The highest BCUT2D eigenvalue weighted by Crippen LogP contribution is 2.21. The Morgan fingerprint density at radius 3 is 2.57 bits per heavy atom. The summed E-state index contributed by atoms with van der Waals surface area (Å²) in [6, 6.07) is 0. The van der Waals surface area contributed by atoms with Gasteiger partial charge in [-0.3, -0.25) is 9.59 Å². The molecule has 0 saturated carbocycles. The molecule has 2 saturated heterocycles. The molecule has 120 valence electrons. The average molecular weight is 298 g/mol. The first kappa shape index (κ1) is 16.2. The van der Waals surface area contributed by atoms with Crippen LogP contribution in [0.15, 0.2) is 0 Å². The molecule has 2 unspecified atom stereocenters. The highest BCUT2D eigenvalue weighted by Gasteiger charge is 2.33. The van der Waals surface area contributed by atoms with E-state index in [1.165, 1.54) is 0 Å². The number of morpholine rings is 1. The predicted molar refractivity (Wildman–Crippen MR) is 77.8 cm³/mol. The fourth-order valence-electron chi connectivity index (χ4n) is 3.07. The van der Waals surface area contributed by atoms with Crippen molar-refractivity contribution < 1.29 is 19.1 Å². The van der Waals surface area contributed by atoms with Gasteiger partial charge in [0, 0.05) is 33.3 Å². The molecule has 2 heterocycles. The highest BCUT2D eigenvalue weighted by atomic mass is 16.5. The zero-order valence-corrected chi connectivity index (χ0v) is 13.0. The molecule has 2 fully saturated rings. The second-order valence-electron chi connectivity index (χ2n) is 5.69. The highest BCUT2D eigenvalue weighted by molar-refractivity contribution is 5.83. The lowest BCUT2D eigenvalue weighted by Gasteiger charge is -2.37. The van der Waals surface area contributed by atoms with Gasteiger partial charge in [-0.25, -0.2) is 0 Å². The van der Waals surface area contributed by atoms with Crippen LogP contribution in [-0.2, 0) is 19.1 Å². The number of ether oxygens (including phenoxy) is 2.